The summed E-state index contributed by atoms with van der Waals surface area (Å²) in [5.74, 6) is 0.764. The van der Waals surface area contributed by atoms with Crippen molar-refractivity contribution in [2.24, 2.45) is 7.05 Å². The average molecular weight is 287 g/mol. The van der Waals surface area contributed by atoms with Gasteiger partial charge in [0.2, 0.25) is 0 Å². The van der Waals surface area contributed by atoms with Gasteiger partial charge >= 0.3 is 0 Å². The quantitative estimate of drug-likeness (QED) is 0.869. The number of rotatable bonds is 3. The minimum Gasteiger partial charge on any atom is -0.337 e. The molecule has 0 aliphatic rings. The molecule has 96 valence electrons. The number of hydrogen-bond donors (Lipinski definition) is 1. The third-order valence-electron chi connectivity index (χ3n) is 2.32. The van der Waals surface area contributed by atoms with Crippen molar-refractivity contribution in [2.45, 2.75) is 11.9 Å². The van der Waals surface area contributed by atoms with E-state index in [0.29, 0.717) is 5.82 Å². The van der Waals surface area contributed by atoms with E-state index in [4.69, 9.17) is 11.6 Å². The summed E-state index contributed by atoms with van der Waals surface area (Å²) in [6.07, 6.45) is 1.43. The van der Waals surface area contributed by atoms with E-state index in [-0.39, 0.29) is 16.0 Å². The van der Waals surface area contributed by atoms with Crippen molar-refractivity contribution in [3.63, 3.8) is 0 Å². The molecule has 2 rings (SSSR count). The fourth-order valence-electron chi connectivity index (χ4n) is 1.31. The van der Waals surface area contributed by atoms with Crippen LogP contribution in [0.15, 0.2) is 29.4 Å². The number of anilines is 1. The highest BCUT2D eigenvalue weighted by Crippen LogP contribution is 2.15. The van der Waals surface area contributed by atoms with Crippen molar-refractivity contribution in [1.82, 2.24) is 14.5 Å². The topological polar surface area (TPSA) is 76.9 Å². The first kappa shape index (κ1) is 12.8. The Morgan fingerprint density at radius 3 is 2.61 bits per heavy atom. The molecule has 6 nitrogen and oxygen atoms in total. The van der Waals surface area contributed by atoms with Gasteiger partial charge in [0.15, 0.2) is 5.03 Å². The standard InChI is InChI=1S/C10H11ClN4O2S/c1-7-12-10(6-15(7)2)18(16,17)14-9-5-3-4-8(11)13-9/h3-6H,1-2H3,(H,13,14). The van der Waals surface area contributed by atoms with Crippen LogP contribution >= 0.6 is 11.6 Å². The van der Waals surface area contributed by atoms with Crippen molar-refractivity contribution in [2.75, 3.05) is 4.72 Å². The van der Waals surface area contributed by atoms with Gasteiger partial charge in [-0.05, 0) is 19.1 Å². The molecule has 2 aromatic rings. The van der Waals surface area contributed by atoms with Gasteiger partial charge in [0.25, 0.3) is 10.0 Å². The summed E-state index contributed by atoms with van der Waals surface area (Å²) in [4.78, 5) is 7.81. The normalized spacial score (nSPS) is 11.5. The molecule has 1 N–H and O–H groups in total. The van der Waals surface area contributed by atoms with Gasteiger partial charge in [-0.15, -0.1) is 0 Å². The number of aryl methyl sites for hydroxylation is 2. The van der Waals surface area contributed by atoms with Gasteiger partial charge in [0.1, 0.15) is 16.8 Å². The van der Waals surface area contributed by atoms with Crippen LogP contribution in [0.5, 0.6) is 0 Å². The number of pyridine rings is 1. The van der Waals surface area contributed by atoms with E-state index in [9.17, 15) is 8.42 Å². The third kappa shape index (κ3) is 2.62. The molecule has 0 unspecified atom stereocenters. The number of nitrogens with one attached hydrogen (secondary N) is 1. The van der Waals surface area contributed by atoms with Gasteiger partial charge in [-0.3, -0.25) is 4.72 Å². The molecule has 0 atom stereocenters. The molecule has 2 aromatic heterocycles. The van der Waals surface area contributed by atoms with Gasteiger partial charge in [-0.2, -0.15) is 8.42 Å². The zero-order valence-corrected chi connectivity index (χ0v) is 11.3. The SMILES string of the molecule is Cc1nc(S(=O)(=O)Nc2cccc(Cl)n2)cn1C. The first-order chi connectivity index (χ1) is 8.38. The summed E-state index contributed by atoms with van der Waals surface area (Å²) < 4.78 is 28.0. The van der Waals surface area contributed by atoms with Crippen molar-refractivity contribution in [3.8, 4) is 0 Å². The zero-order valence-electron chi connectivity index (χ0n) is 9.75. The maximum Gasteiger partial charge on any atom is 0.282 e. The number of halogens is 1. The largest absolute Gasteiger partial charge is 0.337 e. The average Bonchev–Trinajstić information content (AvgIpc) is 2.59. The number of hydrogen-bond acceptors (Lipinski definition) is 4. The van der Waals surface area contributed by atoms with E-state index >= 15 is 0 Å². The Balaban J connectivity index is 2.33. The van der Waals surface area contributed by atoms with Gasteiger partial charge in [0, 0.05) is 13.2 Å². The Morgan fingerprint density at radius 1 is 1.33 bits per heavy atom. The number of aromatic nitrogens is 3. The second-order valence-corrected chi connectivity index (χ2v) is 5.70. The molecule has 0 spiro atoms. The second-order valence-electron chi connectivity index (χ2n) is 3.69. The third-order valence-corrected chi connectivity index (χ3v) is 3.75. The molecular weight excluding hydrogens is 276 g/mol. The van der Waals surface area contributed by atoms with Crippen molar-refractivity contribution in [1.29, 1.82) is 0 Å². The minimum atomic E-state index is -3.73. The first-order valence-corrected chi connectivity index (χ1v) is 6.90. The van der Waals surface area contributed by atoms with E-state index in [1.807, 2.05) is 0 Å². The van der Waals surface area contributed by atoms with E-state index in [0.717, 1.165) is 0 Å². The van der Waals surface area contributed by atoms with E-state index in [1.54, 1.807) is 30.7 Å². The fraction of sp³-hybridized carbons (Fsp3) is 0.200. The Bertz CT molecular complexity index is 661. The van der Waals surface area contributed by atoms with Crippen LogP contribution in [-0.4, -0.2) is 23.0 Å². The van der Waals surface area contributed by atoms with Crippen LogP contribution in [0, 0.1) is 6.92 Å². The van der Waals surface area contributed by atoms with Gasteiger partial charge in [-0.1, -0.05) is 17.7 Å². The molecule has 0 saturated heterocycles. The maximum absolute atomic E-state index is 12.0. The van der Waals surface area contributed by atoms with E-state index in [2.05, 4.69) is 14.7 Å². The monoisotopic (exact) mass is 286 g/mol. The Labute approximate surface area is 110 Å². The fourth-order valence-corrected chi connectivity index (χ4v) is 2.52. The lowest BCUT2D eigenvalue weighted by atomic mass is 10.5. The smallest absolute Gasteiger partial charge is 0.282 e. The highest BCUT2D eigenvalue weighted by Gasteiger charge is 2.19. The summed E-state index contributed by atoms with van der Waals surface area (Å²) in [7, 11) is -2.01. The number of imidazole rings is 1. The predicted molar refractivity (Wildman–Crippen MR) is 68.0 cm³/mol. The van der Waals surface area contributed by atoms with Crippen LogP contribution in [0.4, 0.5) is 5.82 Å². The first-order valence-electron chi connectivity index (χ1n) is 5.04. The van der Waals surface area contributed by atoms with Crippen molar-refractivity contribution in [3.05, 3.63) is 35.4 Å². The van der Waals surface area contributed by atoms with Gasteiger partial charge in [0.05, 0.1) is 0 Å². The van der Waals surface area contributed by atoms with Crippen LogP contribution in [0.1, 0.15) is 5.82 Å². The van der Waals surface area contributed by atoms with E-state index < -0.39 is 10.0 Å². The molecule has 0 bridgehead atoms. The highest BCUT2D eigenvalue weighted by atomic mass is 35.5. The molecule has 0 amide bonds. The zero-order chi connectivity index (χ0) is 13.3. The maximum atomic E-state index is 12.0. The molecule has 18 heavy (non-hydrogen) atoms. The highest BCUT2D eigenvalue weighted by molar-refractivity contribution is 7.92. The lowest BCUT2D eigenvalue weighted by Gasteiger charge is -2.04. The molecular formula is C10H11ClN4O2S. The molecule has 8 heteroatoms. The lowest BCUT2D eigenvalue weighted by molar-refractivity contribution is 0.598. The van der Waals surface area contributed by atoms with Gasteiger partial charge in [-0.25, -0.2) is 9.97 Å². The summed E-state index contributed by atoms with van der Waals surface area (Å²) in [6, 6.07) is 4.68. The predicted octanol–water partition coefficient (Wildman–Crippen LogP) is 1.58. The summed E-state index contributed by atoms with van der Waals surface area (Å²) in [5, 5.41) is 0.164. The molecule has 0 aromatic carbocycles. The molecule has 0 fully saturated rings. The lowest BCUT2D eigenvalue weighted by Crippen LogP contribution is -2.14. The number of sulfonamides is 1. The van der Waals surface area contributed by atoms with Crippen LogP contribution in [0.2, 0.25) is 5.15 Å². The Hall–Kier alpha value is -1.60. The summed E-state index contributed by atoms with van der Waals surface area (Å²) in [5.41, 5.74) is 0. The van der Waals surface area contributed by atoms with Crippen molar-refractivity contribution < 1.29 is 8.42 Å². The molecule has 0 saturated carbocycles. The molecule has 0 aliphatic heterocycles. The molecule has 0 aliphatic carbocycles. The number of nitrogens with zero attached hydrogens (tertiary/aromatic N) is 3. The second kappa shape index (κ2) is 4.58. The summed E-state index contributed by atoms with van der Waals surface area (Å²) >= 11 is 5.68. The van der Waals surface area contributed by atoms with Crippen LogP contribution < -0.4 is 4.72 Å². The Kier molecular flexibility index (Phi) is 3.27. The van der Waals surface area contributed by atoms with Crippen LogP contribution in [-0.2, 0) is 17.1 Å². The summed E-state index contributed by atoms with van der Waals surface area (Å²) in [6.45, 7) is 1.72. The van der Waals surface area contributed by atoms with E-state index in [1.165, 1.54) is 12.3 Å². The van der Waals surface area contributed by atoms with Gasteiger partial charge < -0.3 is 4.57 Å². The van der Waals surface area contributed by atoms with Crippen LogP contribution in [0.3, 0.4) is 0 Å². The molecule has 0 radical (unpaired) electrons. The van der Waals surface area contributed by atoms with Crippen molar-refractivity contribution >= 4 is 27.4 Å². The van der Waals surface area contributed by atoms with Crippen LogP contribution in [0.25, 0.3) is 0 Å². The molecule has 2 heterocycles. The minimum absolute atomic E-state index is 0.0516. The Morgan fingerprint density at radius 2 is 2.06 bits per heavy atom.